The van der Waals surface area contributed by atoms with Gasteiger partial charge in [-0.25, -0.2) is 0 Å². The monoisotopic (exact) mass is 521 g/mol. The van der Waals surface area contributed by atoms with Crippen molar-refractivity contribution in [3.05, 3.63) is 0 Å². The molecule has 5 saturated carbocycles. The second-order valence-corrected chi connectivity index (χ2v) is 7.34. The van der Waals surface area contributed by atoms with Crippen LogP contribution in [0.15, 0.2) is 0 Å². The van der Waals surface area contributed by atoms with Crippen LogP contribution in [0.4, 0.5) is 0 Å². The molecule has 0 amide bonds. The Morgan fingerprint density at radius 2 is 0.278 bits per heavy atom. The highest BCUT2D eigenvalue weighted by molar-refractivity contribution is 4.65. The lowest BCUT2D eigenvalue weighted by atomic mass is 10.0. The maximum absolute atomic E-state index is 2.28. The summed E-state index contributed by atoms with van der Waals surface area (Å²) >= 11 is 0. The summed E-state index contributed by atoms with van der Waals surface area (Å²) in [7, 11) is 0. The predicted octanol–water partition coefficient (Wildman–Crippen LogP) is 15.9. The molecule has 5 rings (SSSR count). The average Bonchev–Trinajstić information content (AvgIpc) is 3.62. The highest BCUT2D eigenvalue weighted by atomic mass is 14.2. The molecular formula is C36H88. The molecule has 232 valence electrons. The summed E-state index contributed by atoms with van der Waals surface area (Å²) in [5, 5.41) is 0. The topological polar surface area (TPSA) is 0 Å². The van der Waals surface area contributed by atoms with Crippen LogP contribution in [0.2, 0.25) is 0 Å². The first-order valence-corrected chi connectivity index (χ1v) is 17.9. The Hall–Kier alpha value is 0. The number of hydrogen-bond acceptors (Lipinski definition) is 0. The third kappa shape index (κ3) is 103. The maximum Gasteiger partial charge on any atom is -0.0443 e. The van der Waals surface area contributed by atoms with Gasteiger partial charge in [0.15, 0.2) is 0 Å². The van der Waals surface area contributed by atoms with Crippen molar-refractivity contribution < 1.29 is 0 Å². The molecule has 0 aromatic carbocycles. The van der Waals surface area contributed by atoms with E-state index in [0.29, 0.717) is 0 Å². The highest BCUT2D eigenvalue weighted by Gasteiger charge is 2.12. The van der Waals surface area contributed by atoms with Crippen LogP contribution in [-0.4, -0.2) is 0 Å². The van der Waals surface area contributed by atoms with Gasteiger partial charge in [0.1, 0.15) is 0 Å². The van der Waals surface area contributed by atoms with Gasteiger partial charge in [-0.1, -0.05) is 233 Å². The molecule has 0 aromatic heterocycles. The van der Waals surface area contributed by atoms with Crippen molar-refractivity contribution in [2.24, 2.45) is 5.92 Å². The van der Waals surface area contributed by atoms with Gasteiger partial charge in [0.2, 0.25) is 0 Å². The first kappa shape index (κ1) is 56.2. The van der Waals surface area contributed by atoms with Crippen molar-refractivity contribution >= 4 is 0 Å². The van der Waals surface area contributed by atoms with Crippen molar-refractivity contribution in [1.82, 2.24) is 0 Å². The van der Waals surface area contributed by atoms with Gasteiger partial charge in [-0.05, 0) is 5.92 Å². The van der Waals surface area contributed by atoms with E-state index in [1.54, 1.807) is 0 Å². The smallest absolute Gasteiger partial charge is 0.0443 e. The minimum absolute atomic E-state index is 1.08. The third-order valence-electron chi connectivity index (χ3n) is 4.87. The fourth-order valence-electron chi connectivity index (χ4n) is 1.17. The molecule has 0 aliphatic heterocycles. The Morgan fingerprint density at radius 1 is 0.222 bits per heavy atom. The normalized spacial score (nSPS) is 14.9. The summed E-state index contributed by atoms with van der Waals surface area (Å²) in [5.74, 6) is 1.08. The third-order valence-corrected chi connectivity index (χ3v) is 4.87. The molecule has 5 aliphatic rings. The Bertz CT molecular complexity index is 116. The van der Waals surface area contributed by atoms with Gasteiger partial charge in [0, 0.05) is 0 Å². The Balaban J connectivity index is -0.0000000401. The molecule has 0 aromatic rings. The fourth-order valence-corrected chi connectivity index (χ4v) is 1.17. The van der Waals surface area contributed by atoms with Gasteiger partial charge in [-0.2, -0.15) is 0 Å². The standard InChI is InChI=1S/5C4H8.8C2H6/c1-4-2-3-4;4*1-2-4-3-1;8*1-2/h4H,2-3H2,1H3;4*1-4H2;8*1-2H3. The average molecular weight is 521 g/mol. The van der Waals surface area contributed by atoms with Crippen molar-refractivity contribution in [3.63, 3.8) is 0 Å². The van der Waals surface area contributed by atoms with Crippen molar-refractivity contribution in [1.29, 1.82) is 0 Å². The lowest BCUT2D eigenvalue weighted by Gasteiger charge is -2.05. The van der Waals surface area contributed by atoms with Gasteiger partial charge in [-0.3, -0.25) is 0 Å². The number of hydrogen-bond donors (Lipinski definition) is 0. The zero-order valence-electron chi connectivity index (χ0n) is 30.3. The first-order valence-electron chi connectivity index (χ1n) is 17.9. The van der Waals surface area contributed by atoms with Crippen LogP contribution in [0, 0.1) is 5.92 Å². The van der Waals surface area contributed by atoms with Gasteiger partial charge in [-0.15, -0.1) is 0 Å². The Labute approximate surface area is 239 Å². The van der Waals surface area contributed by atoms with Crippen molar-refractivity contribution in [2.75, 3.05) is 0 Å². The van der Waals surface area contributed by atoms with E-state index in [1.807, 2.05) is 111 Å². The first-order chi connectivity index (χ1) is 17.9. The summed E-state index contributed by atoms with van der Waals surface area (Å²) in [6.07, 6.45) is 27.0. The summed E-state index contributed by atoms with van der Waals surface area (Å²) in [5.41, 5.74) is 0. The van der Waals surface area contributed by atoms with Crippen LogP contribution in [0.25, 0.3) is 0 Å². The largest absolute Gasteiger partial charge is 0.0683 e. The molecule has 5 fully saturated rings. The van der Waals surface area contributed by atoms with Crippen LogP contribution < -0.4 is 0 Å². The lowest BCUT2D eigenvalue weighted by molar-refractivity contribution is 0.504. The van der Waals surface area contributed by atoms with Gasteiger partial charge in [0.05, 0.1) is 0 Å². The van der Waals surface area contributed by atoms with E-state index in [-0.39, 0.29) is 0 Å². The molecule has 0 heterocycles. The molecule has 0 nitrogen and oxygen atoms in total. The summed E-state index contributed by atoms with van der Waals surface area (Å²) < 4.78 is 0. The zero-order valence-corrected chi connectivity index (χ0v) is 30.3. The Morgan fingerprint density at radius 3 is 0.278 bits per heavy atom. The number of rotatable bonds is 0. The predicted molar refractivity (Wildman–Crippen MR) is 183 cm³/mol. The minimum atomic E-state index is 1.08. The van der Waals surface area contributed by atoms with Gasteiger partial charge in [0.25, 0.3) is 0 Å². The molecule has 0 heteroatoms. The Kier molecular flexibility index (Phi) is 143. The lowest BCUT2D eigenvalue weighted by Crippen LogP contribution is -1.85. The van der Waals surface area contributed by atoms with E-state index in [2.05, 4.69) is 6.92 Å². The molecule has 0 atom stereocenters. The summed E-state index contributed by atoms with van der Waals surface area (Å²) in [6, 6.07) is 0. The maximum atomic E-state index is 2.28. The molecule has 0 saturated heterocycles. The van der Waals surface area contributed by atoms with Gasteiger partial charge < -0.3 is 0 Å². The van der Waals surface area contributed by atoms with Crippen LogP contribution in [-0.2, 0) is 0 Å². The molecule has 0 spiro atoms. The fraction of sp³-hybridized carbons (Fsp3) is 1.00. The summed E-state index contributed by atoms with van der Waals surface area (Å²) in [6.45, 7) is 34.3. The van der Waals surface area contributed by atoms with E-state index in [4.69, 9.17) is 0 Å². The van der Waals surface area contributed by atoms with E-state index in [0.717, 1.165) is 5.92 Å². The zero-order chi connectivity index (χ0) is 30.3. The molecule has 0 unspecified atom stereocenters. The van der Waals surface area contributed by atoms with E-state index < -0.39 is 0 Å². The SMILES string of the molecule is C1CCC1.C1CCC1.C1CCC1.C1CCC1.CC.CC.CC.CC.CC.CC.CC.CC.CC1CC1. The van der Waals surface area contributed by atoms with Crippen molar-refractivity contribution in [3.8, 4) is 0 Å². The van der Waals surface area contributed by atoms with Crippen LogP contribution in [0.5, 0.6) is 0 Å². The highest BCUT2D eigenvalue weighted by Crippen LogP contribution is 2.26. The second-order valence-electron chi connectivity index (χ2n) is 7.34. The molecule has 36 heavy (non-hydrogen) atoms. The second kappa shape index (κ2) is 91.7. The van der Waals surface area contributed by atoms with Crippen LogP contribution in [0.1, 0.15) is 233 Å². The quantitative estimate of drug-likeness (QED) is 0.298. The van der Waals surface area contributed by atoms with Gasteiger partial charge >= 0.3 is 0 Å². The molecule has 0 N–H and O–H groups in total. The minimum Gasteiger partial charge on any atom is -0.0683 e. The van der Waals surface area contributed by atoms with E-state index >= 15 is 0 Å². The van der Waals surface area contributed by atoms with Crippen LogP contribution in [0.3, 0.4) is 0 Å². The van der Waals surface area contributed by atoms with Crippen LogP contribution >= 0.6 is 0 Å². The molecule has 0 bridgehead atoms. The molecular weight excluding hydrogens is 432 g/mol. The van der Waals surface area contributed by atoms with E-state index in [1.165, 1.54) is 116 Å². The molecule has 5 aliphatic carbocycles. The summed E-state index contributed by atoms with van der Waals surface area (Å²) in [4.78, 5) is 0. The van der Waals surface area contributed by atoms with E-state index in [9.17, 15) is 0 Å². The molecule has 0 radical (unpaired) electrons. The van der Waals surface area contributed by atoms with Crippen molar-refractivity contribution in [2.45, 2.75) is 233 Å².